The minimum Gasteiger partial charge on any atom is -0.383 e. The Hall–Kier alpha value is -3.52. The maximum Gasteiger partial charge on any atom is 0.255 e. The van der Waals surface area contributed by atoms with E-state index in [1.54, 1.807) is 54.5 Å². The molecule has 0 aliphatic carbocycles. The standard InChI is InChI=1S/C24H27N5O3/c1-16(30)29-10-7-22(27-20-8-11-32-15-20)21(14-29)23(25)17-4-2-5-18(12-17)24(31)28-19-6-3-9-26-13-19/h2-6,9,12-13,20,25,27H,7-8,10-11,14-15H2,1H3,(H,28,31). The van der Waals surface area contributed by atoms with Crippen LogP contribution in [-0.2, 0) is 9.53 Å². The summed E-state index contributed by atoms with van der Waals surface area (Å²) in [6, 6.07) is 10.8. The van der Waals surface area contributed by atoms with E-state index >= 15 is 0 Å². The fourth-order valence-electron chi connectivity index (χ4n) is 3.95. The lowest BCUT2D eigenvalue weighted by Gasteiger charge is -2.32. The molecule has 2 amide bonds. The van der Waals surface area contributed by atoms with Crippen molar-refractivity contribution in [3.8, 4) is 0 Å². The van der Waals surface area contributed by atoms with Crippen LogP contribution in [0.2, 0.25) is 0 Å². The molecule has 4 rings (SSSR count). The van der Waals surface area contributed by atoms with Crippen molar-refractivity contribution >= 4 is 23.2 Å². The van der Waals surface area contributed by atoms with Crippen molar-refractivity contribution in [3.63, 3.8) is 0 Å². The third-order valence-electron chi connectivity index (χ3n) is 5.73. The number of amides is 2. The van der Waals surface area contributed by atoms with Gasteiger partial charge < -0.3 is 20.3 Å². The largest absolute Gasteiger partial charge is 0.383 e. The lowest BCUT2D eigenvalue weighted by Crippen LogP contribution is -2.42. The average Bonchev–Trinajstić information content (AvgIpc) is 3.32. The van der Waals surface area contributed by atoms with Gasteiger partial charge in [0.2, 0.25) is 5.91 Å². The SMILES string of the molecule is CC(=O)N1CCC(NC2CCOC2)=C(C(=N)c2cccc(C(=O)Nc3cccnc3)c2)C1. The van der Waals surface area contributed by atoms with Crippen molar-refractivity contribution in [1.29, 1.82) is 5.41 Å². The maximum absolute atomic E-state index is 12.7. The number of aromatic nitrogens is 1. The van der Waals surface area contributed by atoms with E-state index in [4.69, 9.17) is 10.1 Å². The number of nitrogens with zero attached hydrogens (tertiary/aromatic N) is 2. The van der Waals surface area contributed by atoms with Crippen molar-refractivity contribution in [2.45, 2.75) is 25.8 Å². The van der Waals surface area contributed by atoms with Crippen LogP contribution in [-0.4, -0.2) is 59.8 Å². The predicted octanol–water partition coefficient (Wildman–Crippen LogP) is 2.59. The van der Waals surface area contributed by atoms with E-state index in [1.165, 1.54) is 0 Å². The maximum atomic E-state index is 12.7. The monoisotopic (exact) mass is 433 g/mol. The summed E-state index contributed by atoms with van der Waals surface area (Å²) < 4.78 is 5.48. The molecule has 2 aliphatic heterocycles. The zero-order chi connectivity index (χ0) is 22.5. The highest BCUT2D eigenvalue weighted by Gasteiger charge is 2.27. The Kier molecular flexibility index (Phi) is 6.61. The molecule has 1 fully saturated rings. The second-order valence-corrected chi connectivity index (χ2v) is 8.00. The van der Waals surface area contributed by atoms with Gasteiger partial charge in [0.1, 0.15) is 0 Å². The highest BCUT2D eigenvalue weighted by Crippen LogP contribution is 2.23. The third kappa shape index (κ3) is 5.03. The topological polar surface area (TPSA) is 107 Å². The summed E-state index contributed by atoms with van der Waals surface area (Å²) in [6.07, 6.45) is 4.81. The molecule has 1 atom stereocenters. The molecular weight excluding hydrogens is 406 g/mol. The van der Waals surface area contributed by atoms with Crippen molar-refractivity contribution in [2.75, 3.05) is 31.6 Å². The molecule has 1 saturated heterocycles. The Labute approximate surface area is 187 Å². The first kappa shape index (κ1) is 21.7. The predicted molar refractivity (Wildman–Crippen MR) is 122 cm³/mol. The molecule has 3 heterocycles. The fraction of sp³-hybridized carbons (Fsp3) is 0.333. The zero-order valence-electron chi connectivity index (χ0n) is 18.1. The molecule has 3 N–H and O–H groups in total. The van der Waals surface area contributed by atoms with Crippen LogP contribution in [0.5, 0.6) is 0 Å². The van der Waals surface area contributed by atoms with Gasteiger partial charge >= 0.3 is 0 Å². The summed E-state index contributed by atoms with van der Waals surface area (Å²) in [4.78, 5) is 30.5. The summed E-state index contributed by atoms with van der Waals surface area (Å²) in [7, 11) is 0. The number of nitrogens with one attached hydrogen (secondary N) is 3. The molecule has 0 saturated carbocycles. The number of hydrogen-bond donors (Lipinski definition) is 3. The van der Waals surface area contributed by atoms with Gasteiger partial charge in [0.15, 0.2) is 0 Å². The number of carbonyl (C=O) groups excluding carboxylic acids is 2. The summed E-state index contributed by atoms with van der Waals surface area (Å²) in [5.74, 6) is -0.278. The minimum absolute atomic E-state index is 0.0110. The molecule has 32 heavy (non-hydrogen) atoms. The van der Waals surface area contributed by atoms with Gasteiger partial charge in [-0.2, -0.15) is 0 Å². The molecule has 8 nitrogen and oxygen atoms in total. The summed E-state index contributed by atoms with van der Waals surface area (Å²) in [5.41, 5.74) is 3.76. The van der Waals surface area contributed by atoms with E-state index in [9.17, 15) is 9.59 Å². The Balaban J connectivity index is 1.58. The quantitative estimate of drug-likeness (QED) is 0.607. The molecule has 1 aromatic heterocycles. The van der Waals surface area contributed by atoms with E-state index in [0.29, 0.717) is 48.6 Å². The molecule has 166 valence electrons. The van der Waals surface area contributed by atoms with Crippen molar-refractivity contribution in [2.24, 2.45) is 0 Å². The summed E-state index contributed by atoms with van der Waals surface area (Å²) in [5, 5.41) is 15.3. The van der Waals surface area contributed by atoms with E-state index in [0.717, 1.165) is 24.3 Å². The second-order valence-electron chi connectivity index (χ2n) is 8.00. The molecule has 8 heteroatoms. The van der Waals surface area contributed by atoms with Gasteiger partial charge in [0, 0.05) is 61.6 Å². The lowest BCUT2D eigenvalue weighted by molar-refractivity contribution is -0.128. The van der Waals surface area contributed by atoms with E-state index in [2.05, 4.69) is 15.6 Å². The van der Waals surface area contributed by atoms with E-state index in [1.807, 2.05) is 6.07 Å². The van der Waals surface area contributed by atoms with Crippen molar-refractivity contribution < 1.29 is 14.3 Å². The van der Waals surface area contributed by atoms with Crippen LogP contribution in [0.3, 0.4) is 0 Å². The zero-order valence-corrected chi connectivity index (χ0v) is 18.1. The van der Waals surface area contributed by atoms with E-state index < -0.39 is 0 Å². The smallest absolute Gasteiger partial charge is 0.255 e. The van der Waals surface area contributed by atoms with Gasteiger partial charge in [-0.1, -0.05) is 12.1 Å². The Morgan fingerprint density at radius 3 is 2.78 bits per heavy atom. The van der Waals surface area contributed by atoms with Gasteiger partial charge in [0.05, 0.1) is 30.2 Å². The highest BCUT2D eigenvalue weighted by atomic mass is 16.5. The van der Waals surface area contributed by atoms with Crippen molar-refractivity contribution in [1.82, 2.24) is 15.2 Å². The van der Waals surface area contributed by atoms with Crippen LogP contribution in [0, 0.1) is 5.41 Å². The lowest BCUT2D eigenvalue weighted by atomic mass is 9.94. The first-order valence-corrected chi connectivity index (χ1v) is 10.7. The first-order chi connectivity index (χ1) is 15.5. The molecule has 1 aromatic carbocycles. The molecule has 0 bridgehead atoms. The van der Waals surface area contributed by atoms with Crippen LogP contribution in [0.1, 0.15) is 35.7 Å². The summed E-state index contributed by atoms with van der Waals surface area (Å²) in [6.45, 7) is 3.91. The number of benzene rings is 1. The number of pyridine rings is 1. The number of anilines is 1. The van der Waals surface area contributed by atoms with Gasteiger partial charge in [-0.15, -0.1) is 0 Å². The number of carbonyl (C=O) groups is 2. The van der Waals surface area contributed by atoms with Crippen LogP contribution < -0.4 is 10.6 Å². The van der Waals surface area contributed by atoms with Crippen LogP contribution in [0.15, 0.2) is 60.1 Å². The third-order valence-corrected chi connectivity index (χ3v) is 5.73. The number of ether oxygens (including phenoxy) is 1. The molecule has 0 radical (unpaired) electrons. The Morgan fingerprint density at radius 2 is 2.06 bits per heavy atom. The molecule has 2 aliphatic rings. The van der Waals surface area contributed by atoms with Crippen LogP contribution in [0.4, 0.5) is 5.69 Å². The normalized spacial score (nSPS) is 18.4. The molecule has 2 aromatic rings. The molecule has 0 spiro atoms. The summed E-state index contributed by atoms with van der Waals surface area (Å²) >= 11 is 0. The number of rotatable bonds is 6. The van der Waals surface area contributed by atoms with E-state index in [-0.39, 0.29) is 17.9 Å². The fourth-order valence-corrected chi connectivity index (χ4v) is 3.95. The number of hydrogen-bond acceptors (Lipinski definition) is 6. The van der Waals surface area contributed by atoms with Gasteiger partial charge in [-0.3, -0.25) is 20.0 Å². The first-order valence-electron chi connectivity index (χ1n) is 10.7. The van der Waals surface area contributed by atoms with Gasteiger partial charge in [-0.25, -0.2) is 0 Å². The Bertz CT molecular complexity index is 1040. The molecular formula is C24H27N5O3. The van der Waals surface area contributed by atoms with Gasteiger partial charge in [-0.05, 0) is 30.7 Å². The molecule has 1 unspecified atom stereocenters. The minimum atomic E-state index is -0.267. The Morgan fingerprint density at radius 1 is 1.22 bits per heavy atom. The van der Waals surface area contributed by atoms with Gasteiger partial charge in [0.25, 0.3) is 5.91 Å². The van der Waals surface area contributed by atoms with Crippen LogP contribution >= 0.6 is 0 Å². The highest BCUT2D eigenvalue weighted by molar-refractivity contribution is 6.13. The van der Waals surface area contributed by atoms with Crippen LogP contribution in [0.25, 0.3) is 0 Å². The van der Waals surface area contributed by atoms with Crippen molar-refractivity contribution in [3.05, 3.63) is 71.2 Å². The average molecular weight is 434 g/mol. The second kappa shape index (κ2) is 9.74.